The minimum Gasteiger partial charge on any atom is -0.378 e. The van der Waals surface area contributed by atoms with Gasteiger partial charge in [0, 0.05) is 12.6 Å². The zero-order valence-electron chi connectivity index (χ0n) is 15.6. The fourth-order valence-corrected chi connectivity index (χ4v) is 3.62. The Bertz CT molecular complexity index is 839. The maximum absolute atomic E-state index is 13.3. The van der Waals surface area contributed by atoms with Crippen LogP contribution in [0, 0.1) is 21.8 Å². The van der Waals surface area contributed by atoms with Crippen LogP contribution in [0.3, 0.4) is 0 Å². The van der Waals surface area contributed by atoms with Crippen molar-refractivity contribution in [2.75, 3.05) is 17.6 Å². The van der Waals surface area contributed by atoms with Crippen molar-refractivity contribution in [3.8, 4) is 0 Å². The molecule has 0 amide bonds. The third-order valence-electron chi connectivity index (χ3n) is 5.13. The van der Waals surface area contributed by atoms with Gasteiger partial charge in [-0.1, -0.05) is 12.1 Å². The summed E-state index contributed by atoms with van der Waals surface area (Å²) in [6, 6.07) is 6.54. The van der Waals surface area contributed by atoms with Gasteiger partial charge in [0.2, 0.25) is 11.8 Å². The number of anilines is 2. The number of rotatable bonds is 7. The molecule has 0 saturated heterocycles. The van der Waals surface area contributed by atoms with Crippen molar-refractivity contribution in [3.63, 3.8) is 0 Å². The minimum absolute atomic E-state index is 0.143. The third kappa shape index (κ3) is 5.13. The van der Waals surface area contributed by atoms with E-state index in [0.717, 1.165) is 31.2 Å². The number of hydrogen-bond acceptors (Lipinski definition) is 7. The topological polar surface area (TPSA) is 133 Å². The SMILES string of the molecule is Nc1nc(NCCc2cccc(F)c2)nc(C[C@H]2CC[C@H](N)CC2)c1[N+](=O)[O-]. The second-order valence-corrected chi connectivity index (χ2v) is 7.28. The number of benzene rings is 1. The van der Waals surface area contributed by atoms with Gasteiger partial charge in [-0.15, -0.1) is 0 Å². The Hall–Kier alpha value is -2.81. The Morgan fingerprint density at radius 1 is 1.25 bits per heavy atom. The van der Waals surface area contributed by atoms with E-state index in [2.05, 4.69) is 15.3 Å². The molecule has 0 aliphatic heterocycles. The maximum atomic E-state index is 13.3. The number of nitrogens with two attached hydrogens (primary N) is 2. The molecule has 5 N–H and O–H groups in total. The molecule has 1 aliphatic carbocycles. The Kier molecular flexibility index (Phi) is 6.35. The van der Waals surface area contributed by atoms with Crippen LogP contribution in [0.25, 0.3) is 0 Å². The van der Waals surface area contributed by atoms with Crippen molar-refractivity contribution in [2.24, 2.45) is 11.7 Å². The lowest BCUT2D eigenvalue weighted by molar-refractivity contribution is -0.385. The molecule has 3 rings (SSSR count). The molecule has 28 heavy (non-hydrogen) atoms. The highest BCUT2D eigenvalue weighted by Gasteiger charge is 2.27. The zero-order valence-corrected chi connectivity index (χ0v) is 15.6. The van der Waals surface area contributed by atoms with E-state index in [1.54, 1.807) is 6.07 Å². The first-order valence-electron chi connectivity index (χ1n) is 9.47. The third-order valence-corrected chi connectivity index (χ3v) is 5.13. The molecule has 8 nitrogen and oxygen atoms in total. The lowest BCUT2D eigenvalue weighted by Crippen LogP contribution is -2.27. The van der Waals surface area contributed by atoms with Crippen LogP contribution < -0.4 is 16.8 Å². The number of nitrogens with one attached hydrogen (secondary N) is 1. The molecule has 150 valence electrons. The minimum atomic E-state index is -0.518. The monoisotopic (exact) mass is 388 g/mol. The number of nitrogen functional groups attached to an aromatic ring is 1. The summed E-state index contributed by atoms with van der Waals surface area (Å²) in [7, 11) is 0. The summed E-state index contributed by atoms with van der Waals surface area (Å²) in [4.78, 5) is 19.3. The lowest BCUT2D eigenvalue weighted by Gasteiger charge is -2.25. The van der Waals surface area contributed by atoms with Gasteiger partial charge in [-0.3, -0.25) is 10.1 Å². The van der Waals surface area contributed by atoms with Gasteiger partial charge >= 0.3 is 5.69 Å². The largest absolute Gasteiger partial charge is 0.378 e. The first kappa shape index (κ1) is 19.9. The van der Waals surface area contributed by atoms with Crippen molar-refractivity contribution in [2.45, 2.75) is 44.6 Å². The molecule has 0 spiro atoms. The highest BCUT2D eigenvalue weighted by Crippen LogP contribution is 2.31. The van der Waals surface area contributed by atoms with Crippen LogP contribution in [0.1, 0.15) is 36.9 Å². The second-order valence-electron chi connectivity index (χ2n) is 7.28. The van der Waals surface area contributed by atoms with Crippen LogP contribution >= 0.6 is 0 Å². The molecule has 1 aromatic heterocycles. The summed E-state index contributed by atoms with van der Waals surface area (Å²) in [5.74, 6) is 0.119. The molecule has 1 saturated carbocycles. The van der Waals surface area contributed by atoms with Gasteiger partial charge in [-0.25, -0.2) is 9.37 Å². The van der Waals surface area contributed by atoms with E-state index in [1.165, 1.54) is 12.1 Å². The van der Waals surface area contributed by atoms with Gasteiger partial charge in [0.05, 0.1) is 4.92 Å². The van der Waals surface area contributed by atoms with E-state index in [0.29, 0.717) is 31.0 Å². The predicted molar refractivity (Wildman–Crippen MR) is 105 cm³/mol. The number of hydrogen-bond donors (Lipinski definition) is 3. The quantitative estimate of drug-likeness (QED) is 0.490. The first-order valence-corrected chi connectivity index (χ1v) is 9.47. The highest BCUT2D eigenvalue weighted by atomic mass is 19.1. The van der Waals surface area contributed by atoms with E-state index in [9.17, 15) is 14.5 Å². The van der Waals surface area contributed by atoms with Crippen LogP contribution in [0.5, 0.6) is 0 Å². The molecule has 0 unspecified atom stereocenters. The van der Waals surface area contributed by atoms with E-state index >= 15 is 0 Å². The fraction of sp³-hybridized carbons (Fsp3) is 0.474. The first-order chi connectivity index (χ1) is 13.4. The Labute approximate surface area is 162 Å². The van der Waals surface area contributed by atoms with E-state index in [1.807, 2.05) is 6.07 Å². The Morgan fingerprint density at radius 2 is 2.00 bits per heavy atom. The van der Waals surface area contributed by atoms with Crippen LogP contribution in [0.4, 0.5) is 21.8 Å². The van der Waals surface area contributed by atoms with Crippen LogP contribution in [-0.4, -0.2) is 27.5 Å². The van der Waals surface area contributed by atoms with Crippen molar-refractivity contribution in [1.82, 2.24) is 9.97 Å². The van der Waals surface area contributed by atoms with Gasteiger partial charge in [0.1, 0.15) is 11.5 Å². The van der Waals surface area contributed by atoms with Crippen LogP contribution in [-0.2, 0) is 12.8 Å². The standard InChI is InChI=1S/C19H25FN6O2/c20-14-3-1-2-12(10-14)8-9-23-19-24-16(17(26(27)28)18(22)25-19)11-13-4-6-15(21)7-5-13/h1-3,10,13,15H,4-9,11,21H2,(H3,22,23,24,25)/t13-,15-. The molecule has 1 aromatic carbocycles. The summed E-state index contributed by atoms with van der Waals surface area (Å²) in [6.07, 6.45) is 4.72. The van der Waals surface area contributed by atoms with Crippen molar-refractivity contribution >= 4 is 17.5 Å². The molecule has 9 heteroatoms. The molecule has 1 heterocycles. The van der Waals surface area contributed by atoms with Gasteiger partial charge < -0.3 is 16.8 Å². The molecule has 2 aromatic rings. The molecule has 0 atom stereocenters. The average Bonchev–Trinajstić information content (AvgIpc) is 2.63. The molecular formula is C19H25FN6O2. The second kappa shape index (κ2) is 8.92. The lowest BCUT2D eigenvalue weighted by atomic mass is 9.83. The summed E-state index contributed by atoms with van der Waals surface area (Å²) < 4.78 is 13.3. The molecular weight excluding hydrogens is 363 g/mol. The molecule has 0 bridgehead atoms. The van der Waals surface area contributed by atoms with Crippen molar-refractivity contribution in [1.29, 1.82) is 0 Å². The Morgan fingerprint density at radius 3 is 2.68 bits per heavy atom. The maximum Gasteiger partial charge on any atom is 0.332 e. The normalized spacial score (nSPS) is 19.4. The summed E-state index contributed by atoms with van der Waals surface area (Å²) in [5, 5.41) is 14.5. The predicted octanol–water partition coefficient (Wildman–Crippen LogP) is 2.82. The fourth-order valence-electron chi connectivity index (χ4n) is 3.62. The number of nitro groups is 1. The zero-order chi connectivity index (χ0) is 20.1. The van der Waals surface area contributed by atoms with E-state index < -0.39 is 4.92 Å². The van der Waals surface area contributed by atoms with Crippen LogP contribution in [0.2, 0.25) is 0 Å². The van der Waals surface area contributed by atoms with Gasteiger partial charge in [0.25, 0.3) is 0 Å². The summed E-state index contributed by atoms with van der Waals surface area (Å²) >= 11 is 0. The van der Waals surface area contributed by atoms with Crippen molar-refractivity contribution < 1.29 is 9.31 Å². The van der Waals surface area contributed by atoms with E-state index in [-0.39, 0.29) is 29.3 Å². The molecule has 1 fully saturated rings. The average molecular weight is 388 g/mol. The van der Waals surface area contributed by atoms with Gasteiger partial charge in [0.15, 0.2) is 0 Å². The summed E-state index contributed by atoms with van der Waals surface area (Å²) in [6.45, 7) is 0.457. The van der Waals surface area contributed by atoms with Crippen LogP contribution in [0.15, 0.2) is 24.3 Å². The molecule has 1 aliphatic rings. The van der Waals surface area contributed by atoms with Gasteiger partial charge in [-0.2, -0.15) is 4.98 Å². The number of halogens is 1. The highest BCUT2D eigenvalue weighted by molar-refractivity contribution is 5.58. The van der Waals surface area contributed by atoms with E-state index in [4.69, 9.17) is 11.5 Å². The number of nitrogens with zero attached hydrogens (tertiary/aromatic N) is 3. The number of aromatic nitrogens is 2. The van der Waals surface area contributed by atoms with Crippen molar-refractivity contribution in [3.05, 3.63) is 51.5 Å². The van der Waals surface area contributed by atoms with Gasteiger partial charge in [-0.05, 0) is 62.1 Å². The smallest absolute Gasteiger partial charge is 0.332 e. The summed E-state index contributed by atoms with van der Waals surface area (Å²) in [5.41, 5.74) is 12.8. The molecule has 0 radical (unpaired) electrons. The Balaban J connectivity index is 1.71.